The van der Waals surface area contributed by atoms with Gasteiger partial charge >= 0.3 is 6.18 Å². The van der Waals surface area contributed by atoms with Crippen LogP contribution < -0.4 is 16.4 Å². The predicted molar refractivity (Wildman–Crippen MR) is 96.2 cm³/mol. The maximum Gasteiger partial charge on any atom is 0.417 e. The third kappa shape index (κ3) is 5.72. The summed E-state index contributed by atoms with van der Waals surface area (Å²) in [6, 6.07) is 3.79. The van der Waals surface area contributed by atoms with Gasteiger partial charge in [0.05, 0.1) is 11.8 Å². The SMILES string of the molecule is NCCCCNc1nc(Nc2ccc(Br)c(C(F)(F)F)c2)ncc1Cl. The summed E-state index contributed by atoms with van der Waals surface area (Å²) in [6.07, 6.45) is -1.38. The first kappa shape index (κ1) is 19.7. The zero-order valence-corrected chi connectivity index (χ0v) is 15.3. The van der Waals surface area contributed by atoms with E-state index >= 15 is 0 Å². The van der Waals surface area contributed by atoms with E-state index in [0.29, 0.717) is 23.9 Å². The largest absolute Gasteiger partial charge is 0.417 e. The Morgan fingerprint density at radius 1 is 1.24 bits per heavy atom. The minimum absolute atomic E-state index is 0.0372. The number of hydrogen-bond acceptors (Lipinski definition) is 5. The molecular weight excluding hydrogens is 423 g/mol. The molecule has 1 heterocycles. The highest BCUT2D eigenvalue weighted by molar-refractivity contribution is 9.10. The van der Waals surface area contributed by atoms with Gasteiger partial charge in [-0.25, -0.2) is 4.98 Å². The molecule has 10 heteroatoms. The fraction of sp³-hybridized carbons (Fsp3) is 0.333. The molecule has 0 aliphatic carbocycles. The third-order valence-corrected chi connectivity index (χ3v) is 4.16. The Morgan fingerprint density at radius 3 is 2.68 bits per heavy atom. The number of nitrogens with one attached hydrogen (secondary N) is 2. The summed E-state index contributed by atoms with van der Waals surface area (Å²) >= 11 is 8.92. The van der Waals surface area contributed by atoms with Gasteiger partial charge in [0.25, 0.3) is 0 Å². The third-order valence-electron chi connectivity index (χ3n) is 3.20. The van der Waals surface area contributed by atoms with Crippen LogP contribution in [0.5, 0.6) is 0 Å². The summed E-state index contributed by atoms with van der Waals surface area (Å²) in [6.45, 7) is 1.22. The van der Waals surface area contributed by atoms with E-state index in [4.69, 9.17) is 17.3 Å². The molecule has 1 aromatic heterocycles. The smallest absolute Gasteiger partial charge is 0.369 e. The highest BCUT2D eigenvalue weighted by Gasteiger charge is 2.33. The fourth-order valence-corrected chi connectivity index (χ4v) is 2.61. The second-order valence-corrected chi connectivity index (χ2v) is 6.39. The van der Waals surface area contributed by atoms with Crippen molar-refractivity contribution in [2.24, 2.45) is 5.73 Å². The van der Waals surface area contributed by atoms with Crippen LogP contribution in [0.4, 0.5) is 30.6 Å². The molecule has 0 unspecified atom stereocenters. The molecule has 0 radical (unpaired) electrons. The molecule has 136 valence electrons. The molecule has 25 heavy (non-hydrogen) atoms. The van der Waals surface area contributed by atoms with Crippen molar-refractivity contribution in [2.75, 3.05) is 23.7 Å². The number of rotatable bonds is 7. The number of halogens is 5. The van der Waals surface area contributed by atoms with Gasteiger partial charge < -0.3 is 16.4 Å². The van der Waals surface area contributed by atoms with Crippen LogP contribution in [-0.2, 0) is 6.18 Å². The Bertz CT molecular complexity index is 727. The minimum atomic E-state index is -4.47. The van der Waals surface area contributed by atoms with Crippen molar-refractivity contribution in [1.29, 1.82) is 0 Å². The molecular formula is C15H16BrClF3N5. The molecule has 0 bridgehead atoms. The topological polar surface area (TPSA) is 75.9 Å². The summed E-state index contributed by atoms with van der Waals surface area (Å²) in [5.74, 6) is 0.547. The predicted octanol–water partition coefficient (Wildman–Crippen LogP) is 4.81. The lowest BCUT2D eigenvalue weighted by atomic mass is 10.2. The Hall–Kier alpha value is -1.58. The van der Waals surface area contributed by atoms with Gasteiger partial charge in [-0.2, -0.15) is 18.2 Å². The van der Waals surface area contributed by atoms with Crippen molar-refractivity contribution in [3.05, 3.63) is 39.5 Å². The molecule has 5 nitrogen and oxygen atoms in total. The Labute approximate surface area is 156 Å². The zero-order valence-electron chi connectivity index (χ0n) is 13.0. The number of benzene rings is 1. The molecule has 4 N–H and O–H groups in total. The highest BCUT2D eigenvalue weighted by Crippen LogP contribution is 2.36. The van der Waals surface area contributed by atoms with Crippen LogP contribution in [-0.4, -0.2) is 23.1 Å². The van der Waals surface area contributed by atoms with Crippen LogP contribution in [0.1, 0.15) is 18.4 Å². The quantitative estimate of drug-likeness (QED) is 0.541. The molecule has 0 spiro atoms. The lowest BCUT2D eigenvalue weighted by Crippen LogP contribution is -2.09. The highest BCUT2D eigenvalue weighted by atomic mass is 79.9. The van der Waals surface area contributed by atoms with Crippen LogP contribution in [0.15, 0.2) is 28.9 Å². The molecule has 0 saturated carbocycles. The molecule has 0 fully saturated rings. The summed E-state index contributed by atoms with van der Waals surface area (Å²) in [7, 11) is 0. The summed E-state index contributed by atoms with van der Waals surface area (Å²) in [4.78, 5) is 8.18. The first-order chi connectivity index (χ1) is 11.8. The number of hydrogen-bond donors (Lipinski definition) is 3. The number of nitrogens with two attached hydrogens (primary N) is 1. The van der Waals surface area contributed by atoms with E-state index in [0.717, 1.165) is 18.9 Å². The Kier molecular flexibility index (Phi) is 6.86. The Morgan fingerprint density at radius 2 is 2.00 bits per heavy atom. The average Bonchev–Trinajstić information content (AvgIpc) is 2.55. The molecule has 2 aromatic rings. The second-order valence-electron chi connectivity index (χ2n) is 5.13. The Balaban J connectivity index is 2.15. The van der Waals surface area contributed by atoms with Crippen molar-refractivity contribution in [3.63, 3.8) is 0 Å². The van der Waals surface area contributed by atoms with Gasteiger partial charge in [-0.05, 0) is 37.6 Å². The van der Waals surface area contributed by atoms with Crippen LogP contribution in [0.2, 0.25) is 5.02 Å². The van der Waals surface area contributed by atoms with E-state index in [1.165, 1.54) is 18.3 Å². The second kappa shape index (κ2) is 8.68. The minimum Gasteiger partial charge on any atom is -0.369 e. The number of unbranched alkanes of at least 4 members (excludes halogenated alkanes) is 1. The van der Waals surface area contributed by atoms with Gasteiger partial charge in [0.1, 0.15) is 10.8 Å². The van der Waals surface area contributed by atoms with Gasteiger partial charge in [-0.15, -0.1) is 0 Å². The number of aromatic nitrogens is 2. The number of alkyl halides is 3. The van der Waals surface area contributed by atoms with Crippen molar-refractivity contribution < 1.29 is 13.2 Å². The molecule has 2 rings (SSSR count). The molecule has 0 atom stereocenters. The van der Waals surface area contributed by atoms with Gasteiger partial charge in [0.2, 0.25) is 5.95 Å². The fourth-order valence-electron chi connectivity index (χ4n) is 1.98. The summed E-state index contributed by atoms with van der Waals surface area (Å²) < 4.78 is 38.8. The van der Waals surface area contributed by atoms with E-state index in [9.17, 15) is 13.2 Å². The van der Waals surface area contributed by atoms with Crippen molar-refractivity contribution in [2.45, 2.75) is 19.0 Å². The lowest BCUT2D eigenvalue weighted by Gasteiger charge is -2.13. The molecule has 1 aromatic carbocycles. The van der Waals surface area contributed by atoms with Gasteiger partial charge in [-0.3, -0.25) is 0 Å². The standard InChI is InChI=1S/C15H16BrClF3N5/c16-11-4-3-9(7-10(11)15(18,19)20)24-14-23-8-12(17)13(25-14)22-6-2-1-5-21/h3-4,7-8H,1-2,5-6,21H2,(H2,22,23,24,25). The molecule has 0 saturated heterocycles. The van der Waals surface area contributed by atoms with Crippen LogP contribution in [0.25, 0.3) is 0 Å². The normalized spacial score (nSPS) is 11.4. The van der Waals surface area contributed by atoms with Crippen molar-refractivity contribution >= 4 is 45.0 Å². The molecule has 0 aliphatic rings. The maximum atomic E-state index is 13.0. The van der Waals surface area contributed by atoms with E-state index in [-0.39, 0.29) is 16.1 Å². The average molecular weight is 439 g/mol. The van der Waals surface area contributed by atoms with E-state index in [2.05, 4.69) is 36.5 Å². The maximum absolute atomic E-state index is 13.0. The molecule has 0 aliphatic heterocycles. The lowest BCUT2D eigenvalue weighted by molar-refractivity contribution is -0.138. The van der Waals surface area contributed by atoms with Gasteiger partial charge in [-0.1, -0.05) is 27.5 Å². The van der Waals surface area contributed by atoms with Crippen molar-refractivity contribution in [1.82, 2.24) is 9.97 Å². The molecule has 0 amide bonds. The van der Waals surface area contributed by atoms with Crippen LogP contribution >= 0.6 is 27.5 Å². The van der Waals surface area contributed by atoms with Crippen molar-refractivity contribution in [3.8, 4) is 0 Å². The van der Waals surface area contributed by atoms with E-state index in [1.54, 1.807) is 0 Å². The van der Waals surface area contributed by atoms with Gasteiger partial charge in [0.15, 0.2) is 0 Å². The summed E-state index contributed by atoms with van der Waals surface area (Å²) in [5.41, 5.74) is 4.86. The van der Waals surface area contributed by atoms with Crippen LogP contribution in [0, 0.1) is 0 Å². The number of nitrogens with zero attached hydrogens (tertiary/aromatic N) is 2. The van der Waals surface area contributed by atoms with E-state index < -0.39 is 11.7 Å². The number of anilines is 3. The first-order valence-electron chi connectivity index (χ1n) is 7.41. The van der Waals surface area contributed by atoms with Crippen LogP contribution in [0.3, 0.4) is 0 Å². The summed E-state index contributed by atoms with van der Waals surface area (Å²) in [5, 5.41) is 6.13. The zero-order chi connectivity index (χ0) is 18.4. The van der Waals surface area contributed by atoms with Gasteiger partial charge in [0, 0.05) is 16.7 Å². The first-order valence-corrected chi connectivity index (χ1v) is 8.58. The monoisotopic (exact) mass is 437 g/mol. The van der Waals surface area contributed by atoms with E-state index in [1.807, 2.05) is 0 Å².